The second-order valence-corrected chi connectivity index (χ2v) is 7.67. The molecule has 0 unspecified atom stereocenters. The van der Waals surface area contributed by atoms with Crippen LogP contribution in [0.1, 0.15) is 42.8 Å². The van der Waals surface area contributed by atoms with Gasteiger partial charge in [0.1, 0.15) is 0 Å². The third-order valence-corrected chi connectivity index (χ3v) is 6.23. The maximum atomic E-state index is 12.2. The predicted octanol–water partition coefficient (Wildman–Crippen LogP) is 2.37. The van der Waals surface area contributed by atoms with Gasteiger partial charge in [0, 0.05) is 6.04 Å². The number of nitrogens with one attached hydrogen (secondary N) is 1. The van der Waals surface area contributed by atoms with Gasteiger partial charge in [-0.1, -0.05) is 19.3 Å². The Kier molecular flexibility index (Phi) is 3.85. The molecule has 6 heteroatoms. The van der Waals surface area contributed by atoms with Crippen molar-refractivity contribution in [2.45, 2.75) is 56.2 Å². The molecule has 0 bridgehead atoms. The van der Waals surface area contributed by atoms with Crippen molar-refractivity contribution < 1.29 is 8.42 Å². The second kappa shape index (κ2) is 5.04. The number of hydrogen-bond acceptors (Lipinski definition) is 4. The van der Waals surface area contributed by atoms with E-state index in [1.54, 1.807) is 6.92 Å². The van der Waals surface area contributed by atoms with Gasteiger partial charge in [-0.15, -0.1) is 11.3 Å². The van der Waals surface area contributed by atoms with Crippen LogP contribution in [0.2, 0.25) is 0 Å². The van der Waals surface area contributed by atoms with Crippen molar-refractivity contribution in [3.63, 3.8) is 0 Å². The summed E-state index contributed by atoms with van der Waals surface area (Å²) in [5.41, 5.74) is 0.607. The standard InChI is InChI=1S/C11H18N2O2S2/c1-8-11(16-9(2)12-8)17(14,15)13-10-6-4-3-5-7-10/h10,13H,3-7H2,1-2H3. The molecule has 0 aliphatic heterocycles. The summed E-state index contributed by atoms with van der Waals surface area (Å²) in [7, 11) is -3.36. The van der Waals surface area contributed by atoms with Crippen LogP contribution < -0.4 is 4.72 Å². The molecule has 0 aromatic carbocycles. The van der Waals surface area contributed by atoms with E-state index >= 15 is 0 Å². The van der Waals surface area contributed by atoms with Crippen LogP contribution in [-0.2, 0) is 10.0 Å². The summed E-state index contributed by atoms with van der Waals surface area (Å²) in [6, 6.07) is 0.107. The van der Waals surface area contributed by atoms with E-state index in [0.717, 1.165) is 30.7 Å². The molecule has 1 aliphatic rings. The number of aromatic nitrogens is 1. The van der Waals surface area contributed by atoms with Crippen LogP contribution in [0, 0.1) is 13.8 Å². The molecule has 1 aromatic heterocycles. The van der Waals surface area contributed by atoms with Gasteiger partial charge in [0.05, 0.1) is 10.7 Å². The van der Waals surface area contributed by atoms with Gasteiger partial charge >= 0.3 is 0 Å². The molecule has 2 rings (SSSR count). The first kappa shape index (κ1) is 13.0. The van der Waals surface area contributed by atoms with E-state index in [-0.39, 0.29) is 6.04 Å². The summed E-state index contributed by atoms with van der Waals surface area (Å²) in [6.45, 7) is 3.58. The van der Waals surface area contributed by atoms with Gasteiger partial charge in [-0.25, -0.2) is 18.1 Å². The Morgan fingerprint density at radius 3 is 2.41 bits per heavy atom. The summed E-state index contributed by atoms with van der Waals surface area (Å²) in [5, 5.41) is 0.798. The molecule has 1 aliphatic carbocycles. The van der Waals surface area contributed by atoms with Crippen LogP contribution in [0.25, 0.3) is 0 Å². The largest absolute Gasteiger partial charge is 0.252 e. The van der Waals surface area contributed by atoms with E-state index in [0.29, 0.717) is 9.90 Å². The highest BCUT2D eigenvalue weighted by atomic mass is 32.2. The summed E-state index contributed by atoms with van der Waals surface area (Å²) < 4.78 is 27.6. The second-order valence-electron chi connectivity index (χ2n) is 4.56. The highest BCUT2D eigenvalue weighted by Crippen LogP contribution is 2.25. The van der Waals surface area contributed by atoms with E-state index < -0.39 is 10.0 Å². The van der Waals surface area contributed by atoms with Crippen molar-refractivity contribution in [1.82, 2.24) is 9.71 Å². The molecule has 4 nitrogen and oxygen atoms in total. The van der Waals surface area contributed by atoms with Crippen LogP contribution in [0.5, 0.6) is 0 Å². The molecular weight excluding hydrogens is 256 g/mol. The molecule has 0 amide bonds. The quantitative estimate of drug-likeness (QED) is 0.920. The Labute approximate surface area is 107 Å². The van der Waals surface area contributed by atoms with Crippen molar-refractivity contribution in [3.05, 3.63) is 10.7 Å². The molecule has 1 N–H and O–H groups in total. The number of nitrogens with zero attached hydrogens (tertiary/aromatic N) is 1. The maximum Gasteiger partial charge on any atom is 0.252 e. The smallest absolute Gasteiger partial charge is 0.245 e. The van der Waals surface area contributed by atoms with Crippen LogP contribution in [0.3, 0.4) is 0 Å². The van der Waals surface area contributed by atoms with Gasteiger partial charge < -0.3 is 0 Å². The predicted molar refractivity (Wildman–Crippen MR) is 68.8 cm³/mol. The number of sulfonamides is 1. The van der Waals surface area contributed by atoms with E-state index in [1.807, 2.05) is 6.92 Å². The molecule has 1 heterocycles. The van der Waals surface area contributed by atoms with E-state index in [9.17, 15) is 8.42 Å². The summed E-state index contributed by atoms with van der Waals surface area (Å²) in [4.78, 5) is 4.17. The Hall–Kier alpha value is -0.460. The van der Waals surface area contributed by atoms with Gasteiger partial charge in [0.2, 0.25) is 0 Å². The lowest BCUT2D eigenvalue weighted by Gasteiger charge is -2.22. The average Bonchev–Trinajstić information content (AvgIpc) is 2.59. The fourth-order valence-corrected chi connectivity index (χ4v) is 5.06. The third-order valence-electron chi connectivity index (χ3n) is 3.03. The summed E-state index contributed by atoms with van der Waals surface area (Å²) in [5.74, 6) is 0. The first-order chi connectivity index (χ1) is 7.99. The fraction of sp³-hybridized carbons (Fsp3) is 0.727. The SMILES string of the molecule is Cc1nc(C)c(S(=O)(=O)NC2CCCCC2)s1. The first-order valence-corrected chi connectivity index (χ1v) is 8.25. The summed E-state index contributed by atoms with van der Waals surface area (Å²) >= 11 is 1.25. The van der Waals surface area contributed by atoms with Crippen LogP contribution in [0.4, 0.5) is 0 Å². The third kappa shape index (κ3) is 3.05. The normalized spacial score (nSPS) is 18.5. The molecule has 96 valence electrons. The number of aryl methyl sites for hydroxylation is 2. The Bertz CT molecular complexity index is 488. The van der Waals surface area contributed by atoms with Crippen molar-refractivity contribution in [1.29, 1.82) is 0 Å². The fourth-order valence-electron chi connectivity index (χ4n) is 2.26. The lowest BCUT2D eigenvalue weighted by atomic mass is 9.96. The Morgan fingerprint density at radius 1 is 1.24 bits per heavy atom. The highest BCUT2D eigenvalue weighted by Gasteiger charge is 2.25. The molecule has 0 radical (unpaired) electrons. The lowest BCUT2D eigenvalue weighted by molar-refractivity contribution is 0.412. The Balaban J connectivity index is 2.15. The van der Waals surface area contributed by atoms with Gasteiger partial charge in [0.15, 0.2) is 4.21 Å². The van der Waals surface area contributed by atoms with Crippen molar-refractivity contribution in [2.24, 2.45) is 0 Å². The zero-order chi connectivity index (χ0) is 12.5. The minimum Gasteiger partial charge on any atom is -0.245 e. The lowest BCUT2D eigenvalue weighted by Crippen LogP contribution is -2.36. The van der Waals surface area contributed by atoms with Crippen LogP contribution >= 0.6 is 11.3 Å². The van der Waals surface area contributed by atoms with Gasteiger partial charge in [-0.3, -0.25) is 0 Å². The topological polar surface area (TPSA) is 59.1 Å². The molecule has 1 fully saturated rings. The van der Waals surface area contributed by atoms with Crippen LogP contribution in [0.15, 0.2) is 4.21 Å². The number of rotatable bonds is 3. The zero-order valence-electron chi connectivity index (χ0n) is 10.2. The van der Waals surface area contributed by atoms with Gasteiger partial charge in [0.25, 0.3) is 10.0 Å². The van der Waals surface area contributed by atoms with E-state index in [4.69, 9.17) is 0 Å². The maximum absolute atomic E-state index is 12.2. The zero-order valence-corrected chi connectivity index (χ0v) is 11.8. The molecular formula is C11H18N2O2S2. The monoisotopic (exact) mass is 274 g/mol. The molecule has 1 saturated carbocycles. The number of hydrogen-bond donors (Lipinski definition) is 1. The van der Waals surface area contributed by atoms with E-state index in [2.05, 4.69) is 9.71 Å². The minimum absolute atomic E-state index is 0.107. The van der Waals surface area contributed by atoms with Crippen molar-refractivity contribution >= 4 is 21.4 Å². The summed E-state index contributed by atoms with van der Waals surface area (Å²) in [6.07, 6.45) is 5.37. The van der Waals surface area contributed by atoms with Crippen LogP contribution in [-0.4, -0.2) is 19.4 Å². The van der Waals surface area contributed by atoms with Gasteiger partial charge in [-0.05, 0) is 26.7 Å². The van der Waals surface area contributed by atoms with E-state index in [1.165, 1.54) is 17.8 Å². The minimum atomic E-state index is -3.36. The molecule has 1 aromatic rings. The van der Waals surface area contributed by atoms with Gasteiger partial charge in [-0.2, -0.15) is 0 Å². The molecule has 0 atom stereocenters. The molecule has 0 saturated heterocycles. The first-order valence-electron chi connectivity index (χ1n) is 5.95. The number of thiazole rings is 1. The van der Waals surface area contributed by atoms with Crippen molar-refractivity contribution in [2.75, 3.05) is 0 Å². The highest BCUT2D eigenvalue weighted by molar-refractivity contribution is 7.91. The van der Waals surface area contributed by atoms with Crippen molar-refractivity contribution in [3.8, 4) is 0 Å². The molecule has 17 heavy (non-hydrogen) atoms. The Morgan fingerprint density at radius 2 is 1.88 bits per heavy atom. The molecule has 0 spiro atoms. The average molecular weight is 274 g/mol.